The van der Waals surface area contributed by atoms with E-state index in [0.29, 0.717) is 24.2 Å². The van der Waals surface area contributed by atoms with E-state index in [-0.39, 0.29) is 29.2 Å². The van der Waals surface area contributed by atoms with Crippen molar-refractivity contribution in [2.24, 2.45) is 0 Å². The monoisotopic (exact) mass is 467 g/mol. The van der Waals surface area contributed by atoms with Crippen molar-refractivity contribution in [3.63, 3.8) is 0 Å². The van der Waals surface area contributed by atoms with Gasteiger partial charge in [0.1, 0.15) is 12.4 Å². The van der Waals surface area contributed by atoms with E-state index < -0.39 is 11.8 Å². The maximum Gasteiger partial charge on any atom is 0.338 e. The summed E-state index contributed by atoms with van der Waals surface area (Å²) >= 11 is 1.16. The minimum atomic E-state index is -0.536. The quantitative estimate of drug-likeness (QED) is 0.480. The fourth-order valence-corrected chi connectivity index (χ4v) is 4.48. The number of aromatic nitrogens is 1. The third kappa shape index (κ3) is 5.25. The Balaban J connectivity index is 1.41. The molecule has 1 aliphatic rings. The molecule has 1 fully saturated rings. The van der Waals surface area contributed by atoms with Crippen molar-refractivity contribution >= 4 is 39.9 Å². The molecule has 0 bridgehead atoms. The number of halogens is 1. The second-order valence-corrected chi connectivity index (χ2v) is 8.46. The first-order valence-electron chi connectivity index (χ1n) is 10.5. The number of esters is 1. The highest BCUT2D eigenvalue weighted by Crippen LogP contribution is 2.31. The summed E-state index contributed by atoms with van der Waals surface area (Å²) in [5, 5.41) is 1.95. The number of ether oxygens (including phenoxy) is 1. The van der Waals surface area contributed by atoms with Crippen molar-refractivity contribution in [2.75, 3.05) is 11.4 Å². The maximum atomic E-state index is 14.2. The van der Waals surface area contributed by atoms with Gasteiger partial charge in [0.2, 0.25) is 11.8 Å². The zero-order valence-electron chi connectivity index (χ0n) is 18.0. The second-order valence-electron chi connectivity index (χ2n) is 7.62. The summed E-state index contributed by atoms with van der Waals surface area (Å²) in [6.45, 7) is 2.43. The van der Waals surface area contributed by atoms with Gasteiger partial charge in [-0.2, -0.15) is 0 Å². The second kappa shape index (κ2) is 9.91. The summed E-state index contributed by atoms with van der Waals surface area (Å²) in [7, 11) is 0. The third-order valence-corrected chi connectivity index (χ3v) is 6.07. The van der Waals surface area contributed by atoms with Crippen molar-refractivity contribution in [3.05, 3.63) is 76.5 Å². The van der Waals surface area contributed by atoms with Gasteiger partial charge in [0, 0.05) is 31.8 Å². The number of para-hydroxylation sites is 1. The van der Waals surface area contributed by atoms with Crippen LogP contribution >= 0.6 is 11.3 Å². The highest BCUT2D eigenvalue weighted by atomic mass is 32.1. The molecule has 0 atom stereocenters. The molecule has 1 aromatic heterocycles. The van der Waals surface area contributed by atoms with Crippen molar-refractivity contribution in [1.29, 1.82) is 0 Å². The van der Waals surface area contributed by atoms with E-state index in [0.717, 1.165) is 29.9 Å². The lowest BCUT2D eigenvalue weighted by Gasteiger charge is -2.18. The first-order valence-corrected chi connectivity index (χ1v) is 11.3. The molecule has 2 amide bonds. The van der Waals surface area contributed by atoms with E-state index in [1.54, 1.807) is 40.6 Å². The van der Waals surface area contributed by atoms with Gasteiger partial charge >= 0.3 is 5.97 Å². The van der Waals surface area contributed by atoms with Crippen LogP contribution in [-0.2, 0) is 27.5 Å². The predicted octanol–water partition coefficient (Wildman–Crippen LogP) is 4.45. The normalized spacial score (nSPS) is 13.3. The van der Waals surface area contributed by atoms with E-state index in [1.165, 1.54) is 24.0 Å². The van der Waals surface area contributed by atoms with E-state index in [4.69, 9.17) is 4.74 Å². The average Bonchev–Trinajstić information content (AvgIpc) is 3.43. The highest BCUT2D eigenvalue weighted by molar-refractivity contribution is 7.14. The van der Waals surface area contributed by atoms with Gasteiger partial charge in [0.25, 0.3) is 0 Å². The molecule has 0 radical (unpaired) electrons. The minimum Gasteiger partial charge on any atom is -0.456 e. The van der Waals surface area contributed by atoms with Crippen molar-refractivity contribution in [1.82, 2.24) is 9.88 Å². The Kier molecular flexibility index (Phi) is 6.79. The van der Waals surface area contributed by atoms with Gasteiger partial charge in [-0.25, -0.2) is 14.2 Å². The molecule has 4 rings (SSSR count). The summed E-state index contributed by atoms with van der Waals surface area (Å²) in [5.41, 5.74) is 1.80. The van der Waals surface area contributed by atoms with E-state index >= 15 is 0 Å². The summed E-state index contributed by atoms with van der Waals surface area (Å²) in [6, 6.07) is 13.0. The van der Waals surface area contributed by atoms with Crippen LogP contribution in [0, 0.1) is 5.82 Å². The Bertz CT molecular complexity index is 1200. The number of carbonyl (C=O) groups excluding carboxylic acids is 3. The number of likely N-dealkylation sites (tertiary alicyclic amines) is 1. The molecule has 0 aliphatic carbocycles. The Morgan fingerprint density at radius 2 is 2.03 bits per heavy atom. The molecule has 33 heavy (non-hydrogen) atoms. The number of benzene rings is 2. The number of rotatable bonds is 7. The van der Waals surface area contributed by atoms with Gasteiger partial charge in [0.05, 0.1) is 16.9 Å². The molecule has 0 N–H and O–H groups in total. The number of hydrogen-bond donors (Lipinski definition) is 0. The topological polar surface area (TPSA) is 79.8 Å². The number of hydrogen-bond acceptors (Lipinski definition) is 6. The van der Waals surface area contributed by atoms with Crippen molar-refractivity contribution in [2.45, 2.75) is 32.9 Å². The summed E-state index contributed by atoms with van der Waals surface area (Å²) in [5.74, 6) is -1.31. The molecular formula is C24H22FN3O4S. The zero-order chi connectivity index (χ0) is 23.4. The van der Waals surface area contributed by atoms with Crippen LogP contribution in [0.4, 0.5) is 15.2 Å². The third-order valence-electron chi connectivity index (χ3n) is 5.20. The first kappa shape index (κ1) is 22.6. The van der Waals surface area contributed by atoms with Crippen LogP contribution in [0.15, 0.2) is 53.9 Å². The molecule has 7 nitrogen and oxygen atoms in total. The number of thiazole rings is 1. The molecule has 2 heterocycles. The van der Waals surface area contributed by atoms with Crippen LogP contribution in [0.3, 0.4) is 0 Å². The molecule has 1 saturated heterocycles. The number of nitrogens with zero attached hydrogens (tertiary/aromatic N) is 3. The Morgan fingerprint density at radius 1 is 1.21 bits per heavy atom. The Labute approximate surface area is 194 Å². The highest BCUT2D eigenvalue weighted by Gasteiger charge is 2.22. The van der Waals surface area contributed by atoms with Crippen LogP contribution in [-0.4, -0.2) is 34.2 Å². The molecule has 1 aliphatic heterocycles. The number of anilines is 2. The summed E-state index contributed by atoms with van der Waals surface area (Å²) < 4.78 is 19.6. The van der Waals surface area contributed by atoms with Crippen LogP contribution in [0.5, 0.6) is 0 Å². The standard InChI is InChI=1S/C24H22FN3O4S/c1-16(29)28(21-9-3-2-8-20(21)25)24-26-19(15-33-24)14-32-23(31)18-7-4-6-17(12-18)13-27-11-5-10-22(27)30/h2-4,6-9,12,15H,5,10-11,13-14H2,1H3. The van der Waals surface area contributed by atoms with Crippen molar-refractivity contribution < 1.29 is 23.5 Å². The van der Waals surface area contributed by atoms with Gasteiger partial charge in [-0.1, -0.05) is 24.3 Å². The summed E-state index contributed by atoms with van der Waals surface area (Å²) in [4.78, 5) is 43.8. The molecule has 0 unspecified atom stereocenters. The smallest absolute Gasteiger partial charge is 0.338 e. The number of amides is 2. The number of carbonyl (C=O) groups is 3. The lowest BCUT2D eigenvalue weighted by Crippen LogP contribution is -2.24. The molecule has 0 spiro atoms. The van der Waals surface area contributed by atoms with Crippen LogP contribution < -0.4 is 4.90 Å². The van der Waals surface area contributed by atoms with Gasteiger partial charge in [0.15, 0.2) is 5.13 Å². The lowest BCUT2D eigenvalue weighted by atomic mass is 10.1. The molecule has 9 heteroatoms. The maximum absolute atomic E-state index is 14.2. The fourth-order valence-electron chi connectivity index (χ4n) is 3.62. The predicted molar refractivity (Wildman–Crippen MR) is 122 cm³/mol. The zero-order valence-corrected chi connectivity index (χ0v) is 18.8. The van der Waals surface area contributed by atoms with Gasteiger partial charge in [-0.15, -0.1) is 11.3 Å². The average molecular weight is 468 g/mol. The molecule has 2 aromatic carbocycles. The van der Waals surface area contributed by atoms with E-state index in [9.17, 15) is 18.8 Å². The lowest BCUT2D eigenvalue weighted by molar-refractivity contribution is -0.128. The van der Waals surface area contributed by atoms with Crippen molar-refractivity contribution in [3.8, 4) is 0 Å². The van der Waals surface area contributed by atoms with Crippen LogP contribution in [0.1, 0.15) is 41.4 Å². The Morgan fingerprint density at radius 3 is 2.76 bits per heavy atom. The molecule has 170 valence electrons. The van der Waals surface area contributed by atoms with Crippen LogP contribution in [0.25, 0.3) is 0 Å². The summed E-state index contributed by atoms with van der Waals surface area (Å²) in [6.07, 6.45) is 1.42. The first-order chi connectivity index (χ1) is 15.9. The van der Waals surface area contributed by atoms with Gasteiger partial charge < -0.3 is 9.64 Å². The fraction of sp³-hybridized carbons (Fsp3) is 0.250. The van der Waals surface area contributed by atoms with Crippen LogP contribution in [0.2, 0.25) is 0 Å². The largest absolute Gasteiger partial charge is 0.456 e. The van der Waals surface area contributed by atoms with E-state index in [2.05, 4.69) is 4.98 Å². The van der Waals surface area contributed by atoms with Gasteiger partial charge in [-0.3, -0.25) is 14.5 Å². The van der Waals surface area contributed by atoms with Gasteiger partial charge in [-0.05, 0) is 36.2 Å². The van der Waals surface area contributed by atoms with E-state index in [1.807, 2.05) is 6.07 Å². The molecule has 0 saturated carbocycles. The Hall–Kier alpha value is -3.59. The minimum absolute atomic E-state index is 0.0901. The molecule has 3 aromatic rings. The molecular weight excluding hydrogens is 445 g/mol. The SMILES string of the molecule is CC(=O)N(c1nc(COC(=O)c2cccc(CN3CCCC3=O)c2)cs1)c1ccccc1F.